The van der Waals surface area contributed by atoms with E-state index < -0.39 is 0 Å². The molecule has 1 fully saturated rings. The Labute approximate surface area is 105 Å². The molecule has 0 radical (unpaired) electrons. The minimum absolute atomic E-state index is 0.172. The van der Waals surface area contributed by atoms with Crippen LogP contribution in [0.5, 0.6) is 0 Å². The van der Waals surface area contributed by atoms with Gasteiger partial charge in [-0.2, -0.15) is 0 Å². The molecule has 1 aliphatic rings. The number of hydrogen-bond acceptors (Lipinski definition) is 3. The van der Waals surface area contributed by atoms with Gasteiger partial charge in [-0.25, -0.2) is 0 Å². The minimum atomic E-state index is -0.172. The summed E-state index contributed by atoms with van der Waals surface area (Å²) in [5, 5.41) is 3.29. The van der Waals surface area contributed by atoms with E-state index in [1.807, 2.05) is 4.90 Å². The molecule has 4 nitrogen and oxygen atoms in total. The monoisotopic (exact) mass is 241 g/mol. The molecule has 4 heteroatoms. The van der Waals surface area contributed by atoms with Gasteiger partial charge in [0.15, 0.2) is 0 Å². The molecule has 0 aliphatic carbocycles. The van der Waals surface area contributed by atoms with Crippen molar-refractivity contribution >= 4 is 5.91 Å². The minimum Gasteiger partial charge on any atom is -0.342 e. The molecule has 100 valence electrons. The van der Waals surface area contributed by atoms with Crippen molar-refractivity contribution in [2.45, 2.75) is 26.7 Å². The first-order valence-electron chi connectivity index (χ1n) is 6.64. The van der Waals surface area contributed by atoms with Crippen LogP contribution in [-0.4, -0.2) is 62.5 Å². The van der Waals surface area contributed by atoms with Gasteiger partial charge in [0.05, 0.1) is 5.41 Å². The lowest BCUT2D eigenvalue weighted by molar-refractivity contribution is -0.140. The van der Waals surface area contributed by atoms with Gasteiger partial charge in [-0.05, 0) is 53.9 Å². The zero-order chi connectivity index (χ0) is 12.9. The van der Waals surface area contributed by atoms with Crippen LogP contribution in [0.25, 0.3) is 0 Å². The van der Waals surface area contributed by atoms with Crippen LogP contribution in [-0.2, 0) is 4.79 Å². The normalized spacial score (nSPS) is 24.3. The van der Waals surface area contributed by atoms with Crippen molar-refractivity contribution in [1.29, 1.82) is 0 Å². The van der Waals surface area contributed by atoms with E-state index in [4.69, 9.17) is 0 Å². The number of carbonyl (C=O) groups is 1. The Morgan fingerprint density at radius 2 is 2.06 bits per heavy atom. The average Bonchev–Trinajstić information content (AvgIpc) is 2.72. The summed E-state index contributed by atoms with van der Waals surface area (Å²) in [6.07, 6.45) is 2.02. The fraction of sp³-hybridized carbons (Fsp3) is 0.923. The van der Waals surface area contributed by atoms with E-state index >= 15 is 0 Å². The second-order valence-corrected chi connectivity index (χ2v) is 5.53. The molecule has 1 atom stereocenters. The second-order valence-electron chi connectivity index (χ2n) is 5.53. The second kappa shape index (κ2) is 6.36. The van der Waals surface area contributed by atoms with Gasteiger partial charge in [-0.15, -0.1) is 0 Å². The standard InChI is InChI=1S/C13H27N3O/c1-5-16(10-6-9-15(3)4)12(17)13(2)7-8-14-11-13/h14H,5-11H2,1-4H3. The number of nitrogens with one attached hydrogen (secondary N) is 1. The lowest BCUT2D eigenvalue weighted by atomic mass is 9.88. The van der Waals surface area contributed by atoms with Gasteiger partial charge >= 0.3 is 0 Å². The third kappa shape index (κ3) is 3.96. The van der Waals surface area contributed by atoms with E-state index in [1.54, 1.807) is 0 Å². The molecule has 1 unspecified atom stereocenters. The summed E-state index contributed by atoms with van der Waals surface area (Å²) >= 11 is 0. The fourth-order valence-corrected chi connectivity index (χ4v) is 2.36. The molecule has 0 aromatic carbocycles. The Morgan fingerprint density at radius 1 is 1.35 bits per heavy atom. The summed E-state index contributed by atoms with van der Waals surface area (Å²) < 4.78 is 0. The van der Waals surface area contributed by atoms with E-state index in [0.717, 1.165) is 45.6 Å². The van der Waals surface area contributed by atoms with Gasteiger partial charge in [0, 0.05) is 19.6 Å². The molecule has 0 bridgehead atoms. The maximum absolute atomic E-state index is 12.4. The Morgan fingerprint density at radius 3 is 2.53 bits per heavy atom. The van der Waals surface area contributed by atoms with E-state index in [9.17, 15) is 4.79 Å². The van der Waals surface area contributed by atoms with Crippen molar-refractivity contribution in [1.82, 2.24) is 15.1 Å². The molecule has 0 aromatic rings. The van der Waals surface area contributed by atoms with Crippen LogP contribution in [0.3, 0.4) is 0 Å². The quantitative estimate of drug-likeness (QED) is 0.747. The maximum atomic E-state index is 12.4. The van der Waals surface area contributed by atoms with Crippen molar-refractivity contribution < 1.29 is 4.79 Å². The Balaban J connectivity index is 2.46. The summed E-state index contributed by atoms with van der Waals surface area (Å²) in [5.41, 5.74) is -0.172. The zero-order valence-electron chi connectivity index (χ0n) is 11.8. The number of rotatable bonds is 6. The van der Waals surface area contributed by atoms with Crippen LogP contribution < -0.4 is 5.32 Å². The van der Waals surface area contributed by atoms with Crippen molar-refractivity contribution in [2.75, 3.05) is 46.8 Å². The Bertz CT molecular complexity index is 247. The molecule has 17 heavy (non-hydrogen) atoms. The highest BCUT2D eigenvalue weighted by molar-refractivity contribution is 5.83. The van der Waals surface area contributed by atoms with Crippen LogP contribution in [0.15, 0.2) is 0 Å². The van der Waals surface area contributed by atoms with Crippen LogP contribution in [0.1, 0.15) is 26.7 Å². The van der Waals surface area contributed by atoms with Crippen molar-refractivity contribution in [3.8, 4) is 0 Å². The Hall–Kier alpha value is -0.610. The highest BCUT2D eigenvalue weighted by atomic mass is 16.2. The molecule has 1 heterocycles. The molecule has 1 aliphatic heterocycles. The fourth-order valence-electron chi connectivity index (χ4n) is 2.36. The van der Waals surface area contributed by atoms with E-state index in [1.165, 1.54) is 0 Å². The predicted molar refractivity (Wildman–Crippen MR) is 71.0 cm³/mol. The number of amides is 1. The summed E-state index contributed by atoms with van der Waals surface area (Å²) in [7, 11) is 4.14. The molecule has 1 rings (SSSR count). The molecule has 0 aromatic heterocycles. The van der Waals surface area contributed by atoms with Gasteiger partial charge in [0.1, 0.15) is 0 Å². The van der Waals surface area contributed by atoms with Crippen LogP contribution in [0.4, 0.5) is 0 Å². The predicted octanol–water partition coefficient (Wildman–Crippen LogP) is 0.786. The molecular formula is C13H27N3O. The lowest BCUT2D eigenvalue weighted by Crippen LogP contribution is -2.44. The van der Waals surface area contributed by atoms with Crippen molar-refractivity contribution in [3.05, 3.63) is 0 Å². The van der Waals surface area contributed by atoms with Gasteiger partial charge in [-0.3, -0.25) is 4.79 Å². The van der Waals surface area contributed by atoms with E-state index in [0.29, 0.717) is 5.91 Å². The molecule has 1 amide bonds. The molecular weight excluding hydrogens is 214 g/mol. The first-order chi connectivity index (χ1) is 7.99. The maximum Gasteiger partial charge on any atom is 0.229 e. The van der Waals surface area contributed by atoms with Gasteiger partial charge in [0.2, 0.25) is 5.91 Å². The Kier molecular flexibility index (Phi) is 5.40. The van der Waals surface area contributed by atoms with Crippen LogP contribution >= 0.6 is 0 Å². The van der Waals surface area contributed by atoms with Crippen LogP contribution in [0.2, 0.25) is 0 Å². The molecule has 1 saturated heterocycles. The van der Waals surface area contributed by atoms with E-state index in [2.05, 4.69) is 38.2 Å². The first kappa shape index (κ1) is 14.5. The van der Waals surface area contributed by atoms with Gasteiger partial charge in [-0.1, -0.05) is 0 Å². The third-order valence-electron chi connectivity index (χ3n) is 3.59. The summed E-state index contributed by atoms with van der Waals surface area (Å²) in [6.45, 7) is 8.69. The summed E-state index contributed by atoms with van der Waals surface area (Å²) in [4.78, 5) is 16.6. The third-order valence-corrected chi connectivity index (χ3v) is 3.59. The smallest absolute Gasteiger partial charge is 0.229 e. The number of hydrogen-bond donors (Lipinski definition) is 1. The van der Waals surface area contributed by atoms with Gasteiger partial charge < -0.3 is 15.1 Å². The SMILES string of the molecule is CCN(CCCN(C)C)C(=O)C1(C)CCNC1. The summed E-state index contributed by atoms with van der Waals surface area (Å²) in [5.74, 6) is 0.323. The topological polar surface area (TPSA) is 35.6 Å². The first-order valence-corrected chi connectivity index (χ1v) is 6.64. The van der Waals surface area contributed by atoms with E-state index in [-0.39, 0.29) is 5.41 Å². The summed E-state index contributed by atoms with van der Waals surface area (Å²) in [6, 6.07) is 0. The molecule has 1 N–H and O–H groups in total. The van der Waals surface area contributed by atoms with Crippen molar-refractivity contribution in [3.63, 3.8) is 0 Å². The van der Waals surface area contributed by atoms with Crippen molar-refractivity contribution in [2.24, 2.45) is 5.41 Å². The average molecular weight is 241 g/mol. The van der Waals surface area contributed by atoms with Crippen LogP contribution in [0, 0.1) is 5.41 Å². The highest BCUT2D eigenvalue weighted by Gasteiger charge is 2.38. The molecule has 0 spiro atoms. The van der Waals surface area contributed by atoms with Gasteiger partial charge in [0.25, 0.3) is 0 Å². The number of carbonyl (C=O) groups excluding carboxylic acids is 1. The lowest BCUT2D eigenvalue weighted by Gasteiger charge is -2.30. The highest BCUT2D eigenvalue weighted by Crippen LogP contribution is 2.27. The largest absolute Gasteiger partial charge is 0.342 e. The number of nitrogens with zero attached hydrogens (tertiary/aromatic N) is 2. The molecule has 0 saturated carbocycles. The zero-order valence-corrected chi connectivity index (χ0v) is 11.8.